The Kier molecular flexibility index (Phi) is 7.05. The lowest BCUT2D eigenvalue weighted by atomic mass is 10.1. The minimum atomic E-state index is -0.516. The van der Waals surface area contributed by atoms with Crippen molar-refractivity contribution >= 4 is 6.09 Å². The van der Waals surface area contributed by atoms with Gasteiger partial charge in [-0.1, -0.05) is 0 Å². The minimum Gasteiger partial charge on any atom is -0.444 e. The third kappa shape index (κ3) is 5.39. The third-order valence-electron chi connectivity index (χ3n) is 3.88. The largest absolute Gasteiger partial charge is 0.444 e. The third-order valence-corrected chi connectivity index (χ3v) is 3.88. The summed E-state index contributed by atoms with van der Waals surface area (Å²) in [5.41, 5.74) is 5.40. The van der Waals surface area contributed by atoms with E-state index in [0.29, 0.717) is 6.54 Å². The Hall–Kier alpha value is -0.890. The number of nitrogens with two attached hydrogens (primary N) is 1. The van der Waals surface area contributed by atoms with Crippen LogP contribution in [-0.4, -0.2) is 74.7 Å². The van der Waals surface area contributed by atoms with Crippen LogP contribution in [0.1, 0.15) is 27.7 Å². The Morgan fingerprint density at radius 1 is 1.27 bits per heavy atom. The van der Waals surface area contributed by atoms with E-state index in [4.69, 9.17) is 19.9 Å². The van der Waals surface area contributed by atoms with Gasteiger partial charge >= 0.3 is 6.09 Å². The molecule has 1 saturated heterocycles. The highest BCUT2D eigenvalue weighted by atomic mass is 16.6. The molecule has 0 aliphatic carbocycles. The lowest BCUT2D eigenvalue weighted by Crippen LogP contribution is -2.54. The molecule has 4 unspecified atom stereocenters. The second kappa shape index (κ2) is 8.10. The van der Waals surface area contributed by atoms with Crippen molar-refractivity contribution in [2.75, 3.05) is 33.9 Å². The molecule has 1 aliphatic heterocycles. The highest BCUT2D eigenvalue weighted by molar-refractivity contribution is 5.68. The number of alkyl carbamates (subject to hydrolysis) is 1. The number of carbonyl (C=O) groups is 1. The Morgan fingerprint density at radius 2 is 1.77 bits per heavy atom. The van der Waals surface area contributed by atoms with E-state index < -0.39 is 11.7 Å². The van der Waals surface area contributed by atoms with E-state index in [2.05, 4.69) is 10.2 Å². The summed E-state index contributed by atoms with van der Waals surface area (Å²) in [5.74, 6) is 0. The van der Waals surface area contributed by atoms with Crippen molar-refractivity contribution in [3.63, 3.8) is 0 Å². The fourth-order valence-corrected chi connectivity index (χ4v) is 2.75. The van der Waals surface area contributed by atoms with Gasteiger partial charge in [0.1, 0.15) is 5.60 Å². The molecular formula is C15H31N3O4. The van der Waals surface area contributed by atoms with Gasteiger partial charge in [-0.05, 0) is 27.7 Å². The number of nitrogens with zero attached hydrogens (tertiary/aromatic N) is 1. The van der Waals surface area contributed by atoms with Gasteiger partial charge in [-0.2, -0.15) is 0 Å². The molecule has 22 heavy (non-hydrogen) atoms. The van der Waals surface area contributed by atoms with Gasteiger partial charge in [-0.3, -0.25) is 4.90 Å². The van der Waals surface area contributed by atoms with Gasteiger partial charge in [0, 0.05) is 45.9 Å². The monoisotopic (exact) mass is 317 g/mol. The molecule has 130 valence electrons. The van der Waals surface area contributed by atoms with Crippen molar-refractivity contribution in [2.24, 2.45) is 5.73 Å². The molecule has 1 aliphatic rings. The second-order valence-corrected chi connectivity index (χ2v) is 6.74. The van der Waals surface area contributed by atoms with Crippen molar-refractivity contribution in [3.05, 3.63) is 0 Å². The van der Waals surface area contributed by atoms with E-state index >= 15 is 0 Å². The molecule has 0 aromatic heterocycles. The fourth-order valence-electron chi connectivity index (χ4n) is 2.75. The van der Waals surface area contributed by atoms with Crippen LogP contribution in [0, 0.1) is 0 Å². The summed E-state index contributed by atoms with van der Waals surface area (Å²) in [6.45, 7) is 9.35. The summed E-state index contributed by atoms with van der Waals surface area (Å²) >= 11 is 0. The van der Waals surface area contributed by atoms with Gasteiger partial charge in [-0.25, -0.2) is 4.79 Å². The number of hydrogen-bond acceptors (Lipinski definition) is 6. The highest BCUT2D eigenvalue weighted by Crippen LogP contribution is 2.19. The van der Waals surface area contributed by atoms with Gasteiger partial charge in [0.05, 0.1) is 12.2 Å². The predicted molar refractivity (Wildman–Crippen MR) is 84.8 cm³/mol. The molecule has 3 N–H and O–H groups in total. The molecule has 4 atom stereocenters. The highest BCUT2D eigenvalue weighted by Gasteiger charge is 2.38. The molecule has 1 heterocycles. The normalized spacial score (nSPS) is 25.8. The maximum atomic E-state index is 11.9. The minimum absolute atomic E-state index is 0.00492. The Labute approximate surface area is 133 Å². The molecule has 0 saturated carbocycles. The van der Waals surface area contributed by atoms with Crippen molar-refractivity contribution in [1.82, 2.24) is 10.2 Å². The molecule has 1 rings (SSSR count). The summed E-state index contributed by atoms with van der Waals surface area (Å²) in [6, 6.07) is -0.127. The molecule has 1 amide bonds. The first-order chi connectivity index (χ1) is 10.2. The first-order valence-corrected chi connectivity index (χ1v) is 7.71. The number of carbonyl (C=O) groups excluding carboxylic acids is 1. The van der Waals surface area contributed by atoms with Crippen LogP contribution in [0.25, 0.3) is 0 Å². The SMILES string of the molecule is COC1CN(C(CN)C(C)NC(=O)OC(C)(C)C)CC1OC. The molecule has 0 aromatic rings. The quantitative estimate of drug-likeness (QED) is 0.745. The number of rotatable bonds is 6. The number of hydrogen-bond donors (Lipinski definition) is 2. The number of nitrogens with one attached hydrogen (secondary N) is 1. The topological polar surface area (TPSA) is 86.1 Å². The first-order valence-electron chi connectivity index (χ1n) is 7.71. The van der Waals surface area contributed by atoms with Crippen LogP contribution >= 0.6 is 0 Å². The molecule has 0 spiro atoms. The van der Waals surface area contributed by atoms with Crippen LogP contribution in [0.2, 0.25) is 0 Å². The number of ether oxygens (including phenoxy) is 3. The van der Waals surface area contributed by atoms with E-state index in [0.717, 1.165) is 13.1 Å². The van der Waals surface area contributed by atoms with Crippen LogP contribution in [0.3, 0.4) is 0 Å². The average molecular weight is 317 g/mol. The molecule has 1 fully saturated rings. The molecule has 0 aromatic carbocycles. The lowest BCUT2D eigenvalue weighted by Gasteiger charge is -2.32. The molecular weight excluding hydrogens is 286 g/mol. The number of methoxy groups -OCH3 is 2. The van der Waals surface area contributed by atoms with Gasteiger partial charge in [0.2, 0.25) is 0 Å². The van der Waals surface area contributed by atoms with Gasteiger partial charge in [0.15, 0.2) is 0 Å². The molecule has 0 bridgehead atoms. The summed E-state index contributed by atoms with van der Waals surface area (Å²) < 4.78 is 16.2. The van der Waals surface area contributed by atoms with E-state index in [1.165, 1.54) is 0 Å². The van der Waals surface area contributed by atoms with Crippen LogP contribution in [0.15, 0.2) is 0 Å². The summed E-state index contributed by atoms with van der Waals surface area (Å²) in [5, 5.41) is 2.87. The number of likely N-dealkylation sites (tertiary alicyclic amines) is 1. The Balaban J connectivity index is 2.62. The Bertz CT molecular complexity index is 347. The zero-order valence-corrected chi connectivity index (χ0v) is 14.6. The van der Waals surface area contributed by atoms with Crippen molar-refractivity contribution in [1.29, 1.82) is 0 Å². The maximum absolute atomic E-state index is 11.9. The molecule has 0 radical (unpaired) electrons. The van der Waals surface area contributed by atoms with E-state index in [1.807, 2.05) is 27.7 Å². The average Bonchev–Trinajstić information content (AvgIpc) is 2.80. The van der Waals surface area contributed by atoms with E-state index in [-0.39, 0.29) is 24.3 Å². The van der Waals surface area contributed by atoms with Crippen LogP contribution in [-0.2, 0) is 14.2 Å². The van der Waals surface area contributed by atoms with Crippen LogP contribution in [0.5, 0.6) is 0 Å². The molecule has 7 nitrogen and oxygen atoms in total. The van der Waals surface area contributed by atoms with Crippen molar-refractivity contribution in [2.45, 2.75) is 57.6 Å². The second-order valence-electron chi connectivity index (χ2n) is 6.74. The smallest absolute Gasteiger partial charge is 0.407 e. The van der Waals surface area contributed by atoms with E-state index in [9.17, 15) is 4.79 Å². The van der Waals surface area contributed by atoms with Gasteiger partial charge in [0.25, 0.3) is 0 Å². The summed E-state index contributed by atoms with van der Waals surface area (Å²) in [7, 11) is 3.36. The fraction of sp³-hybridized carbons (Fsp3) is 0.933. The maximum Gasteiger partial charge on any atom is 0.407 e. The van der Waals surface area contributed by atoms with Crippen LogP contribution in [0.4, 0.5) is 4.79 Å². The van der Waals surface area contributed by atoms with Gasteiger partial charge < -0.3 is 25.3 Å². The van der Waals surface area contributed by atoms with Crippen molar-refractivity contribution < 1.29 is 19.0 Å². The summed E-state index contributed by atoms with van der Waals surface area (Å²) in [6.07, 6.45) is -0.384. The standard InChI is InChI=1S/C15H31N3O4/c1-10(17-14(19)22-15(2,3)4)11(7-16)18-8-12(20-5)13(9-18)21-6/h10-13H,7-9,16H2,1-6H3,(H,17,19). The lowest BCUT2D eigenvalue weighted by molar-refractivity contribution is -0.00461. The van der Waals surface area contributed by atoms with Crippen LogP contribution < -0.4 is 11.1 Å². The zero-order valence-electron chi connectivity index (χ0n) is 14.6. The van der Waals surface area contributed by atoms with Crippen molar-refractivity contribution in [3.8, 4) is 0 Å². The Morgan fingerprint density at radius 3 is 2.14 bits per heavy atom. The predicted octanol–water partition coefficient (Wildman–Crippen LogP) is 0.573. The van der Waals surface area contributed by atoms with Gasteiger partial charge in [-0.15, -0.1) is 0 Å². The summed E-state index contributed by atoms with van der Waals surface area (Å²) in [4.78, 5) is 14.1. The zero-order chi connectivity index (χ0) is 16.9. The molecule has 7 heteroatoms. The number of amides is 1. The first kappa shape index (κ1) is 19.2. The van der Waals surface area contributed by atoms with E-state index in [1.54, 1.807) is 14.2 Å².